The molecule has 0 aliphatic carbocycles. The van der Waals surface area contributed by atoms with Crippen LogP contribution >= 0.6 is 23.4 Å². The summed E-state index contributed by atoms with van der Waals surface area (Å²) in [4.78, 5) is 4.71. The summed E-state index contributed by atoms with van der Waals surface area (Å²) in [5, 5.41) is 0. The van der Waals surface area contributed by atoms with E-state index in [9.17, 15) is 0 Å². The molecule has 5 heteroatoms. The van der Waals surface area contributed by atoms with E-state index in [1.807, 2.05) is 23.9 Å². The number of thioether (sulfide) groups is 1. The van der Waals surface area contributed by atoms with Crippen molar-refractivity contribution < 1.29 is 4.74 Å². The van der Waals surface area contributed by atoms with Gasteiger partial charge in [-0.1, -0.05) is 13.0 Å². The minimum atomic E-state index is 0.387. The lowest BCUT2D eigenvalue weighted by molar-refractivity contribution is 0.320. The standard InChI is InChI=1S/C16H23ClN2OS/c1-4-9-20-14-7-5-6-13-16(14)18-15(11-17)19(13)12(2)8-10-21-3/h5-7,12H,4,8-11H2,1-3H3. The van der Waals surface area contributed by atoms with E-state index in [4.69, 9.17) is 21.3 Å². The van der Waals surface area contributed by atoms with Gasteiger partial charge < -0.3 is 9.30 Å². The molecular weight excluding hydrogens is 304 g/mol. The molecule has 3 nitrogen and oxygen atoms in total. The third kappa shape index (κ3) is 3.67. The van der Waals surface area contributed by atoms with Gasteiger partial charge in [0.2, 0.25) is 0 Å². The number of benzene rings is 1. The molecule has 0 radical (unpaired) electrons. The van der Waals surface area contributed by atoms with Gasteiger partial charge in [0, 0.05) is 6.04 Å². The van der Waals surface area contributed by atoms with Crippen LogP contribution in [0.4, 0.5) is 0 Å². The van der Waals surface area contributed by atoms with Crippen molar-refractivity contribution in [3.05, 3.63) is 24.0 Å². The van der Waals surface area contributed by atoms with E-state index in [0.29, 0.717) is 18.5 Å². The second kappa shape index (κ2) is 7.95. The Kier molecular flexibility index (Phi) is 6.24. The highest BCUT2D eigenvalue weighted by Crippen LogP contribution is 2.30. The number of ether oxygens (including phenoxy) is 1. The summed E-state index contributed by atoms with van der Waals surface area (Å²) < 4.78 is 8.08. The summed E-state index contributed by atoms with van der Waals surface area (Å²) in [7, 11) is 0. The van der Waals surface area contributed by atoms with Crippen LogP contribution in [0.5, 0.6) is 5.75 Å². The quantitative estimate of drug-likeness (QED) is 0.647. The lowest BCUT2D eigenvalue weighted by atomic mass is 10.2. The molecule has 0 aliphatic rings. The zero-order valence-corrected chi connectivity index (χ0v) is 14.5. The van der Waals surface area contributed by atoms with E-state index in [1.165, 1.54) is 0 Å². The molecule has 1 heterocycles. The van der Waals surface area contributed by atoms with Crippen LogP contribution in [0, 0.1) is 0 Å². The first kappa shape index (κ1) is 16.5. The molecule has 0 amide bonds. The molecule has 0 spiro atoms. The number of rotatable bonds is 8. The van der Waals surface area contributed by atoms with Crippen LogP contribution < -0.4 is 4.74 Å². The van der Waals surface area contributed by atoms with Crippen LogP contribution in [0.2, 0.25) is 0 Å². The maximum Gasteiger partial charge on any atom is 0.147 e. The Labute approximate surface area is 136 Å². The Morgan fingerprint density at radius 1 is 1.43 bits per heavy atom. The summed E-state index contributed by atoms with van der Waals surface area (Å²) in [6, 6.07) is 6.51. The van der Waals surface area contributed by atoms with Gasteiger partial charge in [0.25, 0.3) is 0 Å². The van der Waals surface area contributed by atoms with Crippen LogP contribution in [0.3, 0.4) is 0 Å². The molecule has 1 unspecified atom stereocenters. The number of hydrogen-bond donors (Lipinski definition) is 0. The topological polar surface area (TPSA) is 27.1 Å². The van der Waals surface area contributed by atoms with E-state index in [0.717, 1.165) is 41.2 Å². The SMILES string of the molecule is CCCOc1cccc2c1nc(CCl)n2C(C)CCSC. The van der Waals surface area contributed by atoms with Crippen molar-refractivity contribution in [1.29, 1.82) is 0 Å². The monoisotopic (exact) mass is 326 g/mol. The Morgan fingerprint density at radius 3 is 2.90 bits per heavy atom. The van der Waals surface area contributed by atoms with Gasteiger partial charge in [-0.15, -0.1) is 11.6 Å². The fourth-order valence-electron chi connectivity index (χ4n) is 2.47. The Hall–Kier alpha value is -0.870. The zero-order valence-electron chi connectivity index (χ0n) is 12.9. The van der Waals surface area contributed by atoms with E-state index in [2.05, 4.69) is 30.7 Å². The molecule has 1 atom stereocenters. The van der Waals surface area contributed by atoms with Crippen LogP contribution in [0.15, 0.2) is 18.2 Å². The van der Waals surface area contributed by atoms with E-state index < -0.39 is 0 Å². The Morgan fingerprint density at radius 2 is 2.24 bits per heavy atom. The second-order valence-electron chi connectivity index (χ2n) is 5.13. The summed E-state index contributed by atoms with van der Waals surface area (Å²) in [5.41, 5.74) is 2.05. The normalized spacial score (nSPS) is 12.8. The van der Waals surface area contributed by atoms with Crippen LogP contribution in [-0.2, 0) is 5.88 Å². The molecule has 116 valence electrons. The van der Waals surface area contributed by atoms with Crippen molar-refractivity contribution in [2.75, 3.05) is 18.6 Å². The maximum absolute atomic E-state index is 6.11. The van der Waals surface area contributed by atoms with Crippen LogP contribution in [0.1, 0.15) is 38.6 Å². The average molecular weight is 327 g/mol. The minimum absolute atomic E-state index is 0.387. The van der Waals surface area contributed by atoms with Crippen molar-refractivity contribution in [3.8, 4) is 5.75 Å². The summed E-state index contributed by atoms with van der Waals surface area (Å²) >= 11 is 7.98. The first-order valence-electron chi connectivity index (χ1n) is 7.40. The molecule has 21 heavy (non-hydrogen) atoms. The number of fused-ring (bicyclic) bond motifs is 1. The number of aromatic nitrogens is 2. The van der Waals surface area contributed by atoms with Gasteiger partial charge >= 0.3 is 0 Å². The molecule has 1 aromatic heterocycles. The highest BCUT2D eigenvalue weighted by atomic mass is 35.5. The first-order chi connectivity index (χ1) is 10.2. The zero-order chi connectivity index (χ0) is 15.2. The van der Waals surface area contributed by atoms with Crippen LogP contribution in [-0.4, -0.2) is 28.2 Å². The number of halogens is 1. The van der Waals surface area contributed by atoms with Gasteiger partial charge in [-0.3, -0.25) is 0 Å². The number of hydrogen-bond acceptors (Lipinski definition) is 3. The van der Waals surface area contributed by atoms with Crippen molar-refractivity contribution in [2.45, 2.75) is 38.6 Å². The third-order valence-electron chi connectivity index (χ3n) is 3.52. The molecule has 0 saturated carbocycles. The van der Waals surface area contributed by atoms with Gasteiger partial charge in [0.15, 0.2) is 0 Å². The molecule has 0 N–H and O–H groups in total. The second-order valence-corrected chi connectivity index (χ2v) is 6.39. The third-order valence-corrected chi connectivity index (χ3v) is 4.40. The van der Waals surface area contributed by atoms with Crippen LogP contribution in [0.25, 0.3) is 11.0 Å². The van der Waals surface area contributed by atoms with Crippen molar-refractivity contribution in [3.63, 3.8) is 0 Å². The minimum Gasteiger partial charge on any atom is -0.491 e. The van der Waals surface area contributed by atoms with Gasteiger partial charge in [0.05, 0.1) is 18.0 Å². The van der Waals surface area contributed by atoms with Crippen molar-refractivity contribution >= 4 is 34.4 Å². The fraction of sp³-hybridized carbons (Fsp3) is 0.562. The average Bonchev–Trinajstić information content (AvgIpc) is 2.89. The predicted molar refractivity (Wildman–Crippen MR) is 92.8 cm³/mol. The van der Waals surface area contributed by atoms with Crippen molar-refractivity contribution in [2.24, 2.45) is 0 Å². The van der Waals surface area contributed by atoms with Gasteiger partial charge in [-0.2, -0.15) is 11.8 Å². The number of alkyl halides is 1. The number of para-hydroxylation sites is 1. The molecule has 2 aromatic rings. The van der Waals surface area contributed by atoms with E-state index in [1.54, 1.807) is 0 Å². The molecule has 0 aliphatic heterocycles. The van der Waals surface area contributed by atoms with Crippen molar-refractivity contribution in [1.82, 2.24) is 9.55 Å². The molecule has 1 aromatic carbocycles. The summed E-state index contributed by atoms with van der Waals surface area (Å²) in [6.07, 6.45) is 4.23. The molecule has 0 bridgehead atoms. The summed E-state index contributed by atoms with van der Waals surface area (Å²) in [6.45, 7) is 5.05. The largest absolute Gasteiger partial charge is 0.491 e. The van der Waals surface area contributed by atoms with Gasteiger partial charge in [-0.25, -0.2) is 4.98 Å². The molecule has 0 fully saturated rings. The Balaban J connectivity index is 2.43. The fourth-order valence-corrected chi connectivity index (χ4v) is 3.24. The molecule has 0 saturated heterocycles. The van der Waals surface area contributed by atoms with Gasteiger partial charge in [-0.05, 0) is 43.9 Å². The Bertz CT molecular complexity index is 585. The lowest BCUT2D eigenvalue weighted by Crippen LogP contribution is -2.09. The lowest BCUT2D eigenvalue weighted by Gasteiger charge is -2.16. The smallest absolute Gasteiger partial charge is 0.147 e. The maximum atomic E-state index is 6.11. The first-order valence-corrected chi connectivity index (χ1v) is 9.33. The van der Waals surface area contributed by atoms with Gasteiger partial charge in [0.1, 0.15) is 17.1 Å². The van der Waals surface area contributed by atoms with E-state index in [-0.39, 0.29) is 0 Å². The number of nitrogens with zero attached hydrogens (tertiary/aromatic N) is 2. The summed E-state index contributed by atoms with van der Waals surface area (Å²) in [5.74, 6) is 3.34. The predicted octanol–water partition coefficient (Wildman–Crippen LogP) is 4.88. The van der Waals surface area contributed by atoms with E-state index >= 15 is 0 Å². The highest BCUT2D eigenvalue weighted by Gasteiger charge is 2.17. The molecule has 2 rings (SSSR count). The number of imidazole rings is 1. The molecular formula is C16H23ClN2OS. The highest BCUT2D eigenvalue weighted by molar-refractivity contribution is 7.98.